The summed E-state index contributed by atoms with van der Waals surface area (Å²) in [6.45, 7) is 9.23. The van der Waals surface area contributed by atoms with Crippen molar-refractivity contribution in [3.8, 4) is 58.2 Å². The number of carbonyl (C=O) groups excluding carboxylic acids is 2. The number of rotatable bonds is 12. The number of fused-ring (bicyclic) bond motifs is 4. The van der Waals surface area contributed by atoms with Gasteiger partial charge in [-0.2, -0.15) is 0 Å². The molecule has 6 saturated carbocycles. The second-order valence-electron chi connectivity index (χ2n) is 17.4. The summed E-state index contributed by atoms with van der Waals surface area (Å²) in [7, 11) is 12.4. The number of esters is 2. The molecule has 6 fully saturated rings. The van der Waals surface area contributed by atoms with Crippen molar-refractivity contribution in [3.63, 3.8) is 0 Å². The van der Waals surface area contributed by atoms with Crippen molar-refractivity contribution in [1.82, 2.24) is 0 Å². The fraction of sp³-hybridized carbons (Fsp3) is 0.551. The summed E-state index contributed by atoms with van der Waals surface area (Å²) >= 11 is 0. The largest absolute Gasteiger partial charge is 0.496 e. The Hall–Kier alpha value is -5.22. The second kappa shape index (κ2) is 17.2. The van der Waals surface area contributed by atoms with E-state index in [2.05, 4.69) is 51.4 Å². The molecule has 10 nitrogen and oxygen atoms in total. The first-order chi connectivity index (χ1) is 28.2. The van der Waals surface area contributed by atoms with Crippen LogP contribution >= 0.6 is 0 Å². The van der Waals surface area contributed by atoms with Crippen molar-refractivity contribution in [2.75, 3.05) is 56.9 Å². The molecule has 59 heavy (non-hydrogen) atoms. The molecular formula is C49H60O10. The molecule has 6 aliphatic rings. The van der Waals surface area contributed by atoms with Gasteiger partial charge in [-0.05, 0) is 72.3 Å². The summed E-state index contributed by atoms with van der Waals surface area (Å²) in [6.07, 6.45) is 7.59. The predicted molar refractivity (Wildman–Crippen MR) is 225 cm³/mol. The number of benzene rings is 2. The highest BCUT2D eigenvalue weighted by atomic mass is 16.5. The number of carbonyl (C=O) groups is 2. The van der Waals surface area contributed by atoms with E-state index in [0.29, 0.717) is 58.2 Å². The van der Waals surface area contributed by atoms with Crippen LogP contribution in [-0.4, -0.2) is 68.8 Å². The zero-order chi connectivity index (χ0) is 42.9. The monoisotopic (exact) mass is 808 g/mol. The van der Waals surface area contributed by atoms with Crippen LogP contribution in [0.25, 0.3) is 0 Å². The Labute approximate surface area is 350 Å². The second-order valence-corrected chi connectivity index (χ2v) is 17.4. The highest BCUT2D eigenvalue weighted by Gasteiger charge is 2.57. The molecule has 0 unspecified atom stereocenters. The maximum atomic E-state index is 13.6. The minimum atomic E-state index is -1.76. The van der Waals surface area contributed by atoms with E-state index in [-0.39, 0.29) is 35.5 Å². The van der Waals surface area contributed by atoms with E-state index in [1.165, 1.54) is 25.4 Å². The zero-order valence-corrected chi connectivity index (χ0v) is 36.8. The summed E-state index contributed by atoms with van der Waals surface area (Å²) in [5.41, 5.74) is 2.70. The Morgan fingerprint density at radius 3 is 1.19 bits per heavy atom. The van der Waals surface area contributed by atoms with Gasteiger partial charge in [-0.3, -0.25) is 9.59 Å². The third-order valence-corrected chi connectivity index (χ3v) is 14.4. The van der Waals surface area contributed by atoms with E-state index >= 15 is 0 Å². The Morgan fingerprint density at radius 1 is 0.576 bits per heavy atom. The number of allylic oxidation sites excluding steroid dienone is 4. The molecule has 0 radical (unpaired) electrons. The van der Waals surface area contributed by atoms with Gasteiger partial charge in [0.15, 0.2) is 5.41 Å². The first-order valence-corrected chi connectivity index (χ1v) is 20.3. The first-order valence-electron chi connectivity index (χ1n) is 20.3. The predicted octanol–water partition coefficient (Wildman–Crippen LogP) is 8.71. The van der Waals surface area contributed by atoms with Crippen LogP contribution in [0.5, 0.6) is 34.5 Å². The summed E-state index contributed by atoms with van der Waals surface area (Å²) in [4.78, 5) is 27.2. The number of methoxy groups -OCH3 is 8. The summed E-state index contributed by atoms with van der Waals surface area (Å²) in [5, 5.41) is 0. The van der Waals surface area contributed by atoms with Crippen molar-refractivity contribution < 1.29 is 47.5 Å². The van der Waals surface area contributed by atoms with Crippen molar-refractivity contribution in [1.29, 1.82) is 0 Å². The quantitative estimate of drug-likeness (QED) is 0.117. The molecule has 0 heterocycles. The highest BCUT2D eigenvalue weighted by molar-refractivity contribution is 6.00. The molecule has 0 aliphatic heterocycles. The average molecular weight is 809 g/mol. The van der Waals surface area contributed by atoms with Gasteiger partial charge in [0, 0.05) is 60.1 Å². The smallest absolute Gasteiger partial charge is 0.325 e. The Balaban J connectivity index is 1.35. The van der Waals surface area contributed by atoms with Gasteiger partial charge >= 0.3 is 11.9 Å². The molecule has 4 bridgehead atoms. The molecule has 8 rings (SSSR count). The van der Waals surface area contributed by atoms with E-state index in [9.17, 15) is 9.59 Å². The van der Waals surface area contributed by atoms with Gasteiger partial charge in [0.1, 0.15) is 34.5 Å². The molecular weight excluding hydrogens is 749 g/mol. The fourth-order valence-electron chi connectivity index (χ4n) is 10.5. The molecule has 0 spiro atoms. The van der Waals surface area contributed by atoms with Gasteiger partial charge in [-0.1, -0.05) is 62.5 Å². The van der Waals surface area contributed by atoms with Crippen LogP contribution in [0.2, 0.25) is 0 Å². The summed E-state index contributed by atoms with van der Waals surface area (Å²) in [5.74, 6) is 17.0. The lowest BCUT2D eigenvalue weighted by molar-refractivity contribution is -0.168. The van der Waals surface area contributed by atoms with E-state index in [1.54, 1.807) is 42.7 Å². The minimum absolute atomic E-state index is 0.000792. The van der Waals surface area contributed by atoms with Crippen molar-refractivity contribution in [2.24, 2.45) is 39.9 Å². The van der Waals surface area contributed by atoms with Gasteiger partial charge in [0.25, 0.3) is 0 Å². The van der Waals surface area contributed by atoms with Crippen LogP contribution in [0.1, 0.15) is 89.2 Å². The molecule has 0 N–H and O–H groups in total. The third-order valence-electron chi connectivity index (χ3n) is 14.4. The Kier molecular flexibility index (Phi) is 12.6. The average Bonchev–Trinajstić information content (AvgIpc) is 3.26. The summed E-state index contributed by atoms with van der Waals surface area (Å²) in [6, 6.07) is 7.54. The first kappa shape index (κ1) is 43.4. The lowest BCUT2D eigenvalue weighted by Crippen LogP contribution is -2.51. The molecule has 0 saturated heterocycles. The van der Waals surface area contributed by atoms with Gasteiger partial charge in [-0.15, -0.1) is 0 Å². The molecule has 316 valence electrons. The van der Waals surface area contributed by atoms with Gasteiger partial charge in [0.2, 0.25) is 0 Å². The van der Waals surface area contributed by atoms with Gasteiger partial charge in [0.05, 0.1) is 56.9 Å². The maximum absolute atomic E-state index is 13.6. The SMILES string of the molecule is COC(=O)C(CC#C/C=C1/[C@@H](c2c(OC)cc(OC)cc2OC)C[C@H]2C[C@@H]1C2(C)C)(CC#C/C=C1/[C@@H](c2c(OC)cc(OC)cc2OC)C[C@H]2C[C@@H]1C2(C)C)C(=O)OC. The van der Waals surface area contributed by atoms with Crippen LogP contribution in [0, 0.1) is 63.6 Å². The van der Waals surface area contributed by atoms with Crippen LogP contribution < -0.4 is 28.4 Å². The lowest BCUT2D eigenvalue weighted by atomic mass is 9.44. The molecule has 2 aromatic rings. The van der Waals surface area contributed by atoms with Crippen LogP contribution in [0.3, 0.4) is 0 Å². The zero-order valence-electron chi connectivity index (χ0n) is 36.8. The topological polar surface area (TPSA) is 108 Å². The highest BCUT2D eigenvalue weighted by Crippen LogP contribution is 2.67. The molecule has 6 aliphatic carbocycles. The van der Waals surface area contributed by atoms with Gasteiger partial charge < -0.3 is 37.9 Å². The molecule has 0 aromatic heterocycles. The Bertz CT molecular complexity index is 1930. The molecule has 6 atom stereocenters. The number of ether oxygens (including phenoxy) is 8. The van der Waals surface area contributed by atoms with Crippen molar-refractivity contribution in [2.45, 2.75) is 78.1 Å². The van der Waals surface area contributed by atoms with Crippen molar-refractivity contribution >= 4 is 11.9 Å². The third kappa shape index (κ3) is 7.49. The van der Waals surface area contributed by atoms with Crippen LogP contribution in [0.4, 0.5) is 0 Å². The van der Waals surface area contributed by atoms with E-state index in [1.807, 2.05) is 36.4 Å². The van der Waals surface area contributed by atoms with Gasteiger partial charge in [-0.25, -0.2) is 0 Å². The number of hydrogen-bond acceptors (Lipinski definition) is 10. The number of hydrogen-bond donors (Lipinski definition) is 0. The van der Waals surface area contributed by atoms with Crippen molar-refractivity contribution in [3.05, 3.63) is 58.7 Å². The fourth-order valence-corrected chi connectivity index (χ4v) is 10.5. The summed E-state index contributed by atoms with van der Waals surface area (Å²) < 4.78 is 45.1. The molecule has 10 heteroatoms. The van der Waals surface area contributed by atoms with Crippen LogP contribution in [0.15, 0.2) is 47.6 Å². The van der Waals surface area contributed by atoms with E-state index in [0.717, 1.165) is 36.8 Å². The minimum Gasteiger partial charge on any atom is -0.496 e. The Morgan fingerprint density at radius 2 is 0.915 bits per heavy atom. The lowest BCUT2D eigenvalue weighted by Gasteiger charge is -2.60. The van der Waals surface area contributed by atoms with E-state index < -0.39 is 17.4 Å². The molecule has 0 amide bonds. The standard InChI is InChI=1S/C49H60O10/c1-47(2)29-21-35(43-39(54-7)25-31(52-5)26-40(43)55-8)33(37(47)23-29)17-13-15-19-49(45(50)58-11,46(51)59-12)20-16-14-18-34-36(22-30-24-38(34)48(30,3)4)44-41(56-9)27-32(53-6)28-42(44)57-10/h17-18,25-30,35-38H,19-24H2,1-12H3/b33-17-,34-18-/t29-,30-,35-,36-,37-,38-/m0/s1. The maximum Gasteiger partial charge on any atom is 0.325 e. The van der Waals surface area contributed by atoms with Crippen LogP contribution in [-0.2, 0) is 19.1 Å². The van der Waals surface area contributed by atoms with E-state index in [4.69, 9.17) is 37.9 Å². The molecule has 2 aromatic carbocycles. The normalized spacial score (nSPS) is 25.7.